The number of nitrogens with one attached hydrogen (secondary N) is 1. The van der Waals surface area contributed by atoms with Crippen LogP contribution in [0.4, 0.5) is 11.4 Å². The summed E-state index contributed by atoms with van der Waals surface area (Å²) in [7, 11) is 0. The zero-order valence-electron chi connectivity index (χ0n) is 12.8. The smallest absolute Gasteiger partial charge is 0.288 e. The number of rotatable bonds is 5. The van der Waals surface area contributed by atoms with Crippen molar-refractivity contribution >= 4 is 57.5 Å². The predicted octanol–water partition coefficient (Wildman–Crippen LogP) is 5.07. The minimum atomic E-state index is -0.557. The van der Waals surface area contributed by atoms with Crippen LogP contribution in [0.25, 0.3) is 6.08 Å². The number of nitrogens with zero attached hydrogens (tertiary/aromatic N) is 1. The summed E-state index contributed by atoms with van der Waals surface area (Å²) in [6, 6.07) is 10.2. The second-order valence-corrected chi connectivity index (χ2v) is 6.60. The van der Waals surface area contributed by atoms with Crippen molar-refractivity contribution in [2.24, 2.45) is 0 Å². The largest absolute Gasteiger partial charge is 0.322 e. The molecule has 1 N–H and O–H groups in total. The van der Waals surface area contributed by atoms with E-state index < -0.39 is 4.92 Å². The third-order valence-corrected chi connectivity index (χ3v) is 4.29. The average Bonchev–Trinajstić information content (AvgIpc) is 2.55. The highest BCUT2D eigenvalue weighted by Gasteiger charge is 2.11. The summed E-state index contributed by atoms with van der Waals surface area (Å²) in [4.78, 5) is 22.4. The van der Waals surface area contributed by atoms with Crippen molar-refractivity contribution in [2.45, 2.75) is 13.3 Å². The van der Waals surface area contributed by atoms with E-state index in [1.807, 2.05) is 25.1 Å². The van der Waals surface area contributed by atoms with Gasteiger partial charge >= 0.3 is 0 Å². The van der Waals surface area contributed by atoms with Gasteiger partial charge in [0, 0.05) is 21.4 Å². The number of nitro groups is 1. The molecule has 0 unspecified atom stereocenters. The Hall–Kier alpha value is -1.93. The van der Waals surface area contributed by atoms with Gasteiger partial charge in [-0.25, -0.2) is 0 Å². The van der Waals surface area contributed by atoms with Gasteiger partial charge in [-0.15, -0.1) is 0 Å². The van der Waals surface area contributed by atoms with Gasteiger partial charge in [0.1, 0.15) is 5.02 Å². The summed E-state index contributed by atoms with van der Waals surface area (Å²) in [6.45, 7) is 2.02. The van der Waals surface area contributed by atoms with E-state index in [0.29, 0.717) is 5.56 Å². The molecule has 5 nitrogen and oxygen atoms in total. The van der Waals surface area contributed by atoms with Crippen LogP contribution in [0.1, 0.15) is 18.1 Å². The Morgan fingerprint density at radius 1 is 1.33 bits per heavy atom. The van der Waals surface area contributed by atoms with Gasteiger partial charge < -0.3 is 5.32 Å². The van der Waals surface area contributed by atoms with Crippen LogP contribution in [0.15, 0.2) is 42.5 Å². The van der Waals surface area contributed by atoms with E-state index in [4.69, 9.17) is 11.6 Å². The molecular weight excluding hydrogens is 443 g/mol. The molecule has 0 aromatic heterocycles. The highest BCUT2D eigenvalue weighted by Crippen LogP contribution is 2.25. The van der Waals surface area contributed by atoms with E-state index in [2.05, 4.69) is 27.9 Å². The molecule has 0 aliphatic rings. The molecule has 1 amide bonds. The maximum atomic E-state index is 12.1. The van der Waals surface area contributed by atoms with E-state index in [9.17, 15) is 14.9 Å². The molecule has 2 rings (SSSR count). The molecule has 2 aromatic carbocycles. The lowest BCUT2D eigenvalue weighted by Crippen LogP contribution is -2.09. The first kappa shape index (κ1) is 18.4. The van der Waals surface area contributed by atoms with E-state index in [1.165, 1.54) is 24.3 Å². The van der Waals surface area contributed by atoms with Crippen molar-refractivity contribution in [3.63, 3.8) is 0 Å². The molecule has 0 radical (unpaired) electrons. The van der Waals surface area contributed by atoms with Crippen molar-refractivity contribution < 1.29 is 9.72 Å². The number of carbonyl (C=O) groups excluding carboxylic acids is 1. The molecule has 24 heavy (non-hydrogen) atoms. The van der Waals surface area contributed by atoms with Crippen LogP contribution >= 0.6 is 34.2 Å². The Balaban J connectivity index is 2.14. The third kappa shape index (κ3) is 4.78. The maximum absolute atomic E-state index is 12.1. The van der Waals surface area contributed by atoms with Gasteiger partial charge in [0.25, 0.3) is 5.69 Å². The van der Waals surface area contributed by atoms with Crippen molar-refractivity contribution in [2.75, 3.05) is 5.32 Å². The fraction of sp³-hybridized carbons (Fsp3) is 0.118. The second kappa shape index (κ2) is 8.25. The SMILES string of the molecule is CCc1cc(I)ccc1NC(=O)/C=C/c1ccc(Cl)c([N+](=O)[O-])c1. The van der Waals surface area contributed by atoms with Gasteiger partial charge in [-0.3, -0.25) is 14.9 Å². The van der Waals surface area contributed by atoms with Gasteiger partial charge in [0.2, 0.25) is 5.91 Å². The van der Waals surface area contributed by atoms with Crippen LogP contribution < -0.4 is 5.32 Å². The lowest BCUT2D eigenvalue weighted by atomic mass is 10.1. The molecule has 0 aliphatic carbocycles. The molecular formula is C17H14ClIN2O3. The first-order valence-corrected chi connectivity index (χ1v) is 8.57. The Bertz CT molecular complexity index is 821. The predicted molar refractivity (Wildman–Crippen MR) is 104 cm³/mol. The standard InChI is InChI=1S/C17H14ClIN2O3/c1-2-12-10-13(19)5-7-15(12)20-17(22)8-4-11-3-6-14(18)16(9-11)21(23)24/h3-10H,2H2,1H3,(H,20,22)/b8-4+. The van der Waals surface area contributed by atoms with Crippen molar-refractivity contribution in [3.8, 4) is 0 Å². The van der Waals surface area contributed by atoms with Gasteiger partial charge in [-0.1, -0.05) is 24.6 Å². The molecule has 0 saturated heterocycles. The fourth-order valence-electron chi connectivity index (χ4n) is 2.10. The molecule has 7 heteroatoms. The molecule has 0 bridgehead atoms. The first-order chi connectivity index (χ1) is 11.4. The molecule has 2 aromatic rings. The average molecular weight is 457 g/mol. The van der Waals surface area contributed by atoms with E-state index in [1.54, 1.807) is 6.07 Å². The summed E-state index contributed by atoms with van der Waals surface area (Å²) >= 11 is 7.98. The zero-order valence-corrected chi connectivity index (χ0v) is 15.7. The molecule has 0 heterocycles. The summed E-state index contributed by atoms with van der Waals surface area (Å²) in [6.07, 6.45) is 3.65. The third-order valence-electron chi connectivity index (χ3n) is 3.30. The van der Waals surface area contributed by atoms with Crippen LogP contribution in [-0.2, 0) is 11.2 Å². The van der Waals surface area contributed by atoms with Crippen LogP contribution in [0.2, 0.25) is 5.02 Å². The number of carbonyl (C=O) groups is 1. The number of halogens is 2. The van der Waals surface area contributed by atoms with Gasteiger partial charge in [0.15, 0.2) is 0 Å². The van der Waals surface area contributed by atoms with Crippen LogP contribution in [-0.4, -0.2) is 10.8 Å². The number of hydrogen-bond acceptors (Lipinski definition) is 3. The topological polar surface area (TPSA) is 72.2 Å². The number of amides is 1. The van der Waals surface area contributed by atoms with Crippen molar-refractivity contribution in [1.29, 1.82) is 0 Å². The quantitative estimate of drug-likeness (QED) is 0.296. The zero-order chi connectivity index (χ0) is 17.7. The van der Waals surface area contributed by atoms with Crippen LogP contribution in [0, 0.1) is 13.7 Å². The Morgan fingerprint density at radius 3 is 2.75 bits per heavy atom. The Kier molecular flexibility index (Phi) is 6.33. The second-order valence-electron chi connectivity index (χ2n) is 4.95. The first-order valence-electron chi connectivity index (χ1n) is 7.12. The molecule has 0 fully saturated rings. The molecule has 0 saturated carbocycles. The Morgan fingerprint density at radius 2 is 2.08 bits per heavy atom. The lowest BCUT2D eigenvalue weighted by molar-refractivity contribution is -0.384. The fourth-order valence-corrected chi connectivity index (χ4v) is 2.84. The summed E-state index contributed by atoms with van der Waals surface area (Å²) < 4.78 is 1.10. The van der Waals surface area contributed by atoms with Crippen LogP contribution in [0.5, 0.6) is 0 Å². The molecule has 124 valence electrons. The highest BCUT2D eigenvalue weighted by atomic mass is 127. The molecule has 0 atom stereocenters. The van der Waals surface area contributed by atoms with E-state index >= 15 is 0 Å². The van der Waals surface area contributed by atoms with Gasteiger partial charge in [-0.05, 0) is 70.5 Å². The van der Waals surface area contributed by atoms with Crippen LogP contribution in [0.3, 0.4) is 0 Å². The Labute approximate surface area is 158 Å². The monoisotopic (exact) mass is 456 g/mol. The van der Waals surface area contributed by atoms with Crippen molar-refractivity contribution in [3.05, 3.63) is 72.3 Å². The van der Waals surface area contributed by atoms with E-state index in [0.717, 1.165) is 21.2 Å². The highest BCUT2D eigenvalue weighted by molar-refractivity contribution is 14.1. The number of anilines is 1. The number of hydrogen-bond donors (Lipinski definition) is 1. The normalized spacial score (nSPS) is 10.8. The number of nitro benzene ring substituents is 1. The van der Waals surface area contributed by atoms with Gasteiger partial charge in [0.05, 0.1) is 4.92 Å². The lowest BCUT2D eigenvalue weighted by Gasteiger charge is -2.08. The minimum absolute atomic E-state index is 0.0630. The van der Waals surface area contributed by atoms with Gasteiger partial charge in [-0.2, -0.15) is 0 Å². The maximum Gasteiger partial charge on any atom is 0.288 e. The molecule has 0 spiro atoms. The summed E-state index contributed by atoms with van der Waals surface area (Å²) in [5, 5.41) is 13.8. The van der Waals surface area contributed by atoms with Crippen molar-refractivity contribution in [1.82, 2.24) is 0 Å². The number of aryl methyl sites for hydroxylation is 1. The minimum Gasteiger partial charge on any atom is -0.322 e. The summed E-state index contributed by atoms with van der Waals surface area (Å²) in [5.74, 6) is -0.302. The number of benzene rings is 2. The van der Waals surface area contributed by atoms with E-state index in [-0.39, 0.29) is 16.6 Å². The summed E-state index contributed by atoms with van der Waals surface area (Å²) in [5.41, 5.74) is 2.14. The molecule has 0 aliphatic heterocycles.